The van der Waals surface area contributed by atoms with Gasteiger partial charge in [0.2, 0.25) is 0 Å². The van der Waals surface area contributed by atoms with Crippen LogP contribution in [0.4, 0.5) is 0 Å². The lowest BCUT2D eigenvalue weighted by Crippen LogP contribution is -2.37. The van der Waals surface area contributed by atoms with E-state index in [-0.39, 0.29) is 5.91 Å². The zero-order chi connectivity index (χ0) is 15.7. The summed E-state index contributed by atoms with van der Waals surface area (Å²) in [6.45, 7) is 6.14. The van der Waals surface area contributed by atoms with Gasteiger partial charge in [-0.15, -0.1) is 0 Å². The van der Waals surface area contributed by atoms with Gasteiger partial charge in [0.05, 0.1) is 6.54 Å². The number of carbonyl (C=O) groups excluding carboxylic acids is 1. The second-order valence-electron chi connectivity index (χ2n) is 5.08. The van der Waals surface area contributed by atoms with Crippen molar-refractivity contribution < 1.29 is 4.79 Å². The highest BCUT2D eigenvalue weighted by Gasteiger charge is 2.08. The molecular formula is C17H25N3O. The molecule has 4 nitrogen and oxygen atoms in total. The van der Waals surface area contributed by atoms with Crippen LogP contribution < -0.4 is 11.1 Å². The van der Waals surface area contributed by atoms with E-state index >= 15 is 0 Å². The van der Waals surface area contributed by atoms with Crippen LogP contribution in [0.5, 0.6) is 0 Å². The van der Waals surface area contributed by atoms with E-state index in [4.69, 9.17) is 5.73 Å². The van der Waals surface area contributed by atoms with Gasteiger partial charge < -0.3 is 16.0 Å². The molecule has 0 radical (unpaired) electrons. The second-order valence-corrected chi connectivity index (χ2v) is 5.08. The van der Waals surface area contributed by atoms with E-state index in [2.05, 4.69) is 43.0 Å². The largest absolute Gasteiger partial charge is 0.351 e. The molecule has 114 valence electrons. The maximum atomic E-state index is 12.1. The first-order chi connectivity index (χ1) is 10.1. The fourth-order valence-electron chi connectivity index (χ4n) is 1.87. The molecule has 1 aromatic carbocycles. The average molecular weight is 287 g/mol. The third-order valence-corrected chi connectivity index (χ3v) is 3.55. The van der Waals surface area contributed by atoms with E-state index in [0.717, 1.165) is 18.5 Å². The molecule has 0 aliphatic carbocycles. The average Bonchev–Trinajstić information content (AvgIpc) is 2.52. The topological polar surface area (TPSA) is 58.4 Å². The van der Waals surface area contributed by atoms with Gasteiger partial charge >= 0.3 is 0 Å². The van der Waals surface area contributed by atoms with Gasteiger partial charge in [0.1, 0.15) is 0 Å². The van der Waals surface area contributed by atoms with Crippen molar-refractivity contribution in [3.8, 4) is 11.8 Å². The standard InChI is InChI=1S/C17H25N3O/c1-4-14(2)20(3)12-11-19-17(21)16-9-5-7-15(13-16)8-6-10-18/h5,7,9,13-14H,4,10-12,18H2,1-3H3,(H,19,21). The lowest BCUT2D eigenvalue weighted by molar-refractivity contribution is 0.0947. The highest BCUT2D eigenvalue weighted by Crippen LogP contribution is 2.04. The molecule has 0 bridgehead atoms. The van der Waals surface area contributed by atoms with E-state index in [1.165, 1.54) is 0 Å². The lowest BCUT2D eigenvalue weighted by Gasteiger charge is -2.23. The monoisotopic (exact) mass is 287 g/mol. The van der Waals surface area contributed by atoms with E-state index < -0.39 is 0 Å². The Balaban J connectivity index is 2.52. The number of amides is 1. The van der Waals surface area contributed by atoms with Crippen LogP contribution in [0.2, 0.25) is 0 Å². The number of nitrogens with two attached hydrogens (primary N) is 1. The van der Waals surface area contributed by atoms with Gasteiger partial charge in [-0.2, -0.15) is 0 Å². The Morgan fingerprint density at radius 1 is 1.48 bits per heavy atom. The van der Waals surface area contributed by atoms with Crippen molar-refractivity contribution >= 4 is 5.91 Å². The molecule has 1 unspecified atom stereocenters. The van der Waals surface area contributed by atoms with Crippen molar-refractivity contribution in [2.45, 2.75) is 26.3 Å². The van der Waals surface area contributed by atoms with Crippen molar-refractivity contribution in [1.82, 2.24) is 10.2 Å². The van der Waals surface area contributed by atoms with Crippen molar-refractivity contribution in [2.24, 2.45) is 5.73 Å². The Bertz CT molecular complexity index is 516. The fourth-order valence-corrected chi connectivity index (χ4v) is 1.87. The zero-order valence-electron chi connectivity index (χ0n) is 13.1. The number of benzene rings is 1. The minimum absolute atomic E-state index is 0.0658. The summed E-state index contributed by atoms with van der Waals surface area (Å²) < 4.78 is 0. The van der Waals surface area contributed by atoms with Gasteiger partial charge in [-0.05, 0) is 38.6 Å². The van der Waals surface area contributed by atoms with Gasteiger partial charge in [-0.3, -0.25) is 4.79 Å². The lowest BCUT2D eigenvalue weighted by atomic mass is 10.1. The molecule has 1 amide bonds. The number of nitrogens with one attached hydrogen (secondary N) is 1. The van der Waals surface area contributed by atoms with Gasteiger partial charge in [0.25, 0.3) is 5.91 Å². The molecule has 0 saturated carbocycles. The van der Waals surface area contributed by atoms with Crippen LogP contribution in [0.25, 0.3) is 0 Å². The normalized spacial score (nSPS) is 11.7. The highest BCUT2D eigenvalue weighted by molar-refractivity contribution is 5.94. The van der Waals surface area contributed by atoms with E-state index in [1.807, 2.05) is 12.1 Å². The quantitative estimate of drug-likeness (QED) is 0.779. The van der Waals surface area contributed by atoms with E-state index in [0.29, 0.717) is 24.7 Å². The highest BCUT2D eigenvalue weighted by atomic mass is 16.1. The van der Waals surface area contributed by atoms with Gasteiger partial charge in [-0.25, -0.2) is 0 Å². The molecule has 0 saturated heterocycles. The minimum atomic E-state index is -0.0658. The van der Waals surface area contributed by atoms with Crippen LogP contribution in [-0.2, 0) is 0 Å². The first-order valence-corrected chi connectivity index (χ1v) is 7.36. The summed E-state index contributed by atoms with van der Waals surface area (Å²) >= 11 is 0. The molecule has 0 fully saturated rings. The molecule has 0 aliphatic rings. The number of nitrogens with zero attached hydrogens (tertiary/aromatic N) is 1. The number of likely N-dealkylation sites (N-methyl/N-ethyl adjacent to an activating group) is 1. The van der Waals surface area contributed by atoms with E-state index in [1.54, 1.807) is 12.1 Å². The first-order valence-electron chi connectivity index (χ1n) is 7.36. The second kappa shape index (κ2) is 9.17. The first kappa shape index (κ1) is 17.2. The Hall–Kier alpha value is -1.83. The summed E-state index contributed by atoms with van der Waals surface area (Å²) in [7, 11) is 2.07. The zero-order valence-corrected chi connectivity index (χ0v) is 13.1. The molecule has 0 heterocycles. The van der Waals surface area contributed by atoms with Crippen molar-refractivity contribution in [3.05, 3.63) is 35.4 Å². The van der Waals surface area contributed by atoms with Crippen LogP contribution >= 0.6 is 0 Å². The van der Waals surface area contributed by atoms with Crippen molar-refractivity contribution in [1.29, 1.82) is 0 Å². The van der Waals surface area contributed by atoms with Crippen LogP contribution in [0.15, 0.2) is 24.3 Å². The van der Waals surface area contributed by atoms with Gasteiger partial charge in [0, 0.05) is 30.3 Å². The molecule has 1 rings (SSSR count). The smallest absolute Gasteiger partial charge is 0.251 e. The van der Waals surface area contributed by atoms with Crippen LogP contribution in [0.3, 0.4) is 0 Å². The number of carbonyl (C=O) groups is 1. The summed E-state index contributed by atoms with van der Waals surface area (Å²) in [5.74, 6) is 5.65. The third-order valence-electron chi connectivity index (χ3n) is 3.55. The van der Waals surface area contributed by atoms with Gasteiger partial charge in [0.15, 0.2) is 0 Å². The maximum absolute atomic E-state index is 12.1. The van der Waals surface area contributed by atoms with Crippen LogP contribution in [0.1, 0.15) is 36.2 Å². The molecule has 0 aliphatic heterocycles. The Morgan fingerprint density at radius 3 is 2.90 bits per heavy atom. The number of hydrogen-bond donors (Lipinski definition) is 2. The van der Waals surface area contributed by atoms with Crippen molar-refractivity contribution in [3.63, 3.8) is 0 Å². The molecule has 0 aromatic heterocycles. The maximum Gasteiger partial charge on any atom is 0.251 e. The summed E-state index contributed by atoms with van der Waals surface area (Å²) in [4.78, 5) is 14.3. The van der Waals surface area contributed by atoms with E-state index in [9.17, 15) is 4.79 Å². The predicted molar refractivity (Wildman–Crippen MR) is 87.1 cm³/mol. The number of hydrogen-bond acceptors (Lipinski definition) is 3. The Labute approximate surface area is 127 Å². The summed E-state index contributed by atoms with van der Waals surface area (Å²) in [6, 6.07) is 7.81. The Kier molecular flexibility index (Phi) is 7.52. The third kappa shape index (κ3) is 5.99. The predicted octanol–water partition coefficient (Wildman–Crippen LogP) is 1.46. The molecule has 21 heavy (non-hydrogen) atoms. The summed E-state index contributed by atoms with van der Waals surface area (Å²) in [5.41, 5.74) is 6.79. The number of rotatable bonds is 6. The molecule has 4 heteroatoms. The molecular weight excluding hydrogens is 262 g/mol. The molecule has 0 spiro atoms. The summed E-state index contributed by atoms with van der Waals surface area (Å²) in [5, 5.41) is 2.94. The van der Waals surface area contributed by atoms with Crippen molar-refractivity contribution in [2.75, 3.05) is 26.7 Å². The summed E-state index contributed by atoms with van der Waals surface area (Å²) in [6.07, 6.45) is 1.10. The van der Waals surface area contributed by atoms with Gasteiger partial charge in [-0.1, -0.05) is 24.8 Å². The Morgan fingerprint density at radius 2 is 2.24 bits per heavy atom. The fraction of sp³-hybridized carbons (Fsp3) is 0.471. The molecule has 1 atom stereocenters. The SMILES string of the molecule is CCC(C)N(C)CCNC(=O)c1cccc(C#CCN)c1. The van der Waals surface area contributed by atoms with Crippen LogP contribution in [0, 0.1) is 11.8 Å². The molecule has 3 N–H and O–H groups in total. The van der Waals surface area contributed by atoms with Crippen LogP contribution in [-0.4, -0.2) is 43.5 Å². The molecule has 1 aromatic rings. The minimum Gasteiger partial charge on any atom is -0.351 e.